The first-order chi connectivity index (χ1) is 15.3. The number of amides is 1. The number of rotatable bonds is 6. The standard InChI is InChI=1S/C23H20BrClFN5O/c1-14-21(24)15(2)31(28-14)12-17-4-3-5-18(10-17)23(32)27-22-20(25)13-30(29-22)11-16-6-8-19(26)9-7-16/h3-10,13H,11-12H2,1-2H3,(H,27,29,32). The Balaban J connectivity index is 1.47. The molecule has 4 aromatic rings. The molecule has 4 rings (SSSR count). The predicted octanol–water partition coefficient (Wildman–Crippen LogP) is 5.60. The Kier molecular flexibility index (Phi) is 6.43. The quantitative estimate of drug-likeness (QED) is 0.363. The van der Waals surface area contributed by atoms with E-state index in [1.54, 1.807) is 29.1 Å². The molecule has 0 atom stereocenters. The lowest BCUT2D eigenvalue weighted by Gasteiger charge is -2.08. The zero-order chi connectivity index (χ0) is 22.8. The topological polar surface area (TPSA) is 64.7 Å². The van der Waals surface area contributed by atoms with Gasteiger partial charge in [-0.2, -0.15) is 10.2 Å². The van der Waals surface area contributed by atoms with Crippen molar-refractivity contribution in [2.45, 2.75) is 26.9 Å². The summed E-state index contributed by atoms with van der Waals surface area (Å²) in [4.78, 5) is 12.8. The van der Waals surface area contributed by atoms with Gasteiger partial charge >= 0.3 is 0 Å². The second-order valence-electron chi connectivity index (χ2n) is 7.45. The summed E-state index contributed by atoms with van der Waals surface area (Å²) in [7, 11) is 0. The van der Waals surface area contributed by atoms with E-state index in [2.05, 4.69) is 31.4 Å². The molecule has 6 nitrogen and oxygen atoms in total. The highest BCUT2D eigenvalue weighted by Crippen LogP contribution is 2.23. The van der Waals surface area contributed by atoms with E-state index in [1.807, 2.05) is 36.7 Å². The van der Waals surface area contributed by atoms with Crippen LogP contribution in [-0.4, -0.2) is 25.5 Å². The van der Waals surface area contributed by atoms with Crippen molar-refractivity contribution in [1.82, 2.24) is 19.6 Å². The van der Waals surface area contributed by atoms with Crippen LogP contribution in [0.4, 0.5) is 10.2 Å². The van der Waals surface area contributed by atoms with E-state index in [9.17, 15) is 9.18 Å². The first kappa shape index (κ1) is 22.2. The molecule has 0 aliphatic carbocycles. The predicted molar refractivity (Wildman–Crippen MR) is 126 cm³/mol. The molecule has 0 spiro atoms. The van der Waals surface area contributed by atoms with Crippen LogP contribution in [0, 0.1) is 19.7 Å². The number of carbonyl (C=O) groups excluding carboxylic acids is 1. The zero-order valence-electron chi connectivity index (χ0n) is 17.4. The summed E-state index contributed by atoms with van der Waals surface area (Å²) < 4.78 is 17.6. The zero-order valence-corrected chi connectivity index (χ0v) is 19.8. The van der Waals surface area contributed by atoms with E-state index in [0.717, 1.165) is 27.0 Å². The lowest BCUT2D eigenvalue weighted by atomic mass is 10.1. The molecular formula is C23H20BrClFN5O. The monoisotopic (exact) mass is 515 g/mol. The maximum absolute atomic E-state index is 13.1. The highest BCUT2D eigenvalue weighted by Gasteiger charge is 2.14. The van der Waals surface area contributed by atoms with Crippen molar-refractivity contribution in [3.8, 4) is 0 Å². The van der Waals surface area contributed by atoms with Crippen molar-refractivity contribution < 1.29 is 9.18 Å². The molecule has 2 heterocycles. The molecule has 0 saturated carbocycles. The lowest BCUT2D eigenvalue weighted by Crippen LogP contribution is -2.14. The van der Waals surface area contributed by atoms with Crippen LogP contribution in [0.2, 0.25) is 5.02 Å². The first-order valence-electron chi connectivity index (χ1n) is 9.87. The average Bonchev–Trinajstić information content (AvgIpc) is 3.23. The molecule has 0 radical (unpaired) electrons. The van der Waals surface area contributed by atoms with E-state index < -0.39 is 0 Å². The Hall–Kier alpha value is -2.97. The van der Waals surface area contributed by atoms with Crippen molar-refractivity contribution in [3.05, 3.63) is 98.1 Å². The summed E-state index contributed by atoms with van der Waals surface area (Å²) in [6.45, 7) is 4.89. The van der Waals surface area contributed by atoms with E-state index in [0.29, 0.717) is 23.7 Å². The van der Waals surface area contributed by atoms with Gasteiger partial charge in [0.25, 0.3) is 5.91 Å². The van der Waals surface area contributed by atoms with Crippen LogP contribution in [0.15, 0.2) is 59.2 Å². The largest absolute Gasteiger partial charge is 0.304 e. The molecular weight excluding hydrogens is 497 g/mol. The van der Waals surface area contributed by atoms with Gasteiger partial charge in [0.15, 0.2) is 5.82 Å². The van der Waals surface area contributed by atoms with E-state index in [1.165, 1.54) is 12.1 Å². The summed E-state index contributed by atoms with van der Waals surface area (Å²) in [6.07, 6.45) is 1.62. The third-order valence-corrected chi connectivity index (χ3v) is 6.45. The lowest BCUT2D eigenvalue weighted by molar-refractivity contribution is 0.102. The minimum absolute atomic E-state index is 0.270. The molecule has 0 fully saturated rings. The molecule has 1 N–H and O–H groups in total. The Morgan fingerprint density at radius 3 is 2.53 bits per heavy atom. The maximum Gasteiger partial charge on any atom is 0.256 e. The number of nitrogens with zero attached hydrogens (tertiary/aromatic N) is 4. The van der Waals surface area contributed by atoms with Crippen LogP contribution >= 0.6 is 27.5 Å². The number of anilines is 1. The average molecular weight is 517 g/mol. The van der Waals surface area contributed by atoms with Gasteiger partial charge in [0.1, 0.15) is 10.8 Å². The minimum atomic E-state index is -0.310. The number of carbonyl (C=O) groups is 1. The third kappa shape index (κ3) is 4.92. The molecule has 1 amide bonds. The number of hydrogen-bond acceptors (Lipinski definition) is 3. The second kappa shape index (κ2) is 9.26. The fraction of sp³-hybridized carbons (Fsp3) is 0.174. The maximum atomic E-state index is 13.1. The molecule has 2 aromatic heterocycles. The van der Waals surface area contributed by atoms with Gasteiger partial charge in [-0.15, -0.1) is 0 Å². The van der Waals surface area contributed by atoms with Gasteiger partial charge in [-0.25, -0.2) is 4.39 Å². The second-order valence-corrected chi connectivity index (χ2v) is 8.65. The fourth-order valence-electron chi connectivity index (χ4n) is 3.33. The van der Waals surface area contributed by atoms with Crippen LogP contribution in [-0.2, 0) is 13.1 Å². The van der Waals surface area contributed by atoms with Crippen LogP contribution in [0.3, 0.4) is 0 Å². The molecule has 164 valence electrons. The van der Waals surface area contributed by atoms with Gasteiger partial charge < -0.3 is 5.32 Å². The molecule has 9 heteroatoms. The Bertz CT molecular complexity index is 1280. The van der Waals surface area contributed by atoms with Crippen LogP contribution < -0.4 is 5.32 Å². The van der Waals surface area contributed by atoms with Gasteiger partial charge in [0, 0.05) is 11.8 Å². The molecule has 0 unspecified atom stereocenters. The molecule has 32 heavy (non-hydrogen) atoms. The summed E-state index contributed by atoms with van der Waals surface area (Å²) >= 11 is 9.80. The molecule has 0 bridgehead atoms. The Labute approximate surface area is 198 Å². The number of hydrogen-bond donors (Lipinski definition) is 1. The van der Waals surface area contributed by atoms with Gasteiger partial charge in [-0.05, 0) is 65.2 Å². The van der Waals surface area contributed by atoms with Crippen molar-refractivity contribution in [2.75, 3.05) is 5.32 Å². The highest BCUT2D eigenvalue weighted by molar-refractivity contribution is 9.10. The van der Waals surface area contributed by atoms with Gasteiger partial charge in [-0.3, -0.25) is 14.2 Å². The SMILES string of the molecule is Cc1nn(Cc2cccc(C(=O)Nc3nn(Cc4ccc(F)cc4)cc3Cl)c2)c(C)c1Br. The first-order valence-corrected chi connectivity index (χ1v) is 11.0. The third-order valence-electron chi connectivity index (χ3n) is 5.02. The van der Waals surface area contributed by atoms with Gasteiger partial charge in [0.2, 0.25) is 0 Å². The number of aromatic nitrogens is 4. The van der Waals surface area contributed by atoms with Gasteiger partial charge in [0.05, 0.1) is 29.0 Å². The molecule has 0 aliphatic heterocycles. The van der Waals surface area contributed by atoms with Crippen molar-refractivity contribution in [1.29, 1.82) is 0 Å². The minimum Gasteiger partial charge on any atom is -0.304 e. The van der Waals surface area contributed by atoms with Crippen LogP contribution in [0.25, 0.3) is 0 Å². The Morgan fingerprint density at radius 1 is 1.09 bits per heavy atom. The van der Waals surface area contributed by atoms with E-state index >= 15 is 0 Å². The molecule has 0 aliphatic rings. The summed E-state index contributed by atoms with van der Waals surface area (Å²) in [5.74, 6) is -0.338. The Morgan fingerprint density at radius 2 is 1.84 bits per heavy atom. The highest BCUT2D eigenvalue weighted by atomic mass is 79.9. The molecule has 2 aromatic carbocycles. The van der Waals surface area contributed by atoms with Crippen molar-refractivity contribution in [3.63, 3.8) is 0 Å². The van der Waals surface area contributed by atoms with Crippen molar-refractivity contribution >= 4 is 39.3 Å². The number of aryl methyl sites for hydroxylation is 1. The van der Waals surface area contributed by atoms with Crippen molar-refractivity contribution in [2.24, 2.45) is 0 Å². The van der Waals surface area contributed by atoms with E-state index in [4.69, 9.17) is 11.6 Å². The van der Waals surface area contributed by atoms with Gasteiger partial charge in [-0.1, -0.05) is 35.9 Å². The number of benzene rings is 2. The number of halogens is 3. The fourth-order valence-corrected chi connectivity index (χ4v) is 3.81. The van der Waals surface area contributed by atoms with Crippen LogP contribution in [0.5, 0.6) is 0 Å². The van der Waals surface area contributed by atoms with E-state index in [-0.39, 0.29) is 17.5 Å². The van der Waals surface area contributed by atoms with Crippen LogP contribution in [0.1, 0.15) is 32.9 Å². The molecule has 0 saturated heterocycles. The summed E-state index contributed by atoms with van der Waals surface area (Å²) in [5.41, 5.74) is 4.25. The summed E-state index contributed by atoms with van der Waals surface area (Å²) in [5, 5.41) is 12.0. The smallest absolute Gasteiger partial charge is 0.256 e. The summed E-state index contributed by atoms with van der Waals surface area (Å²) in [6, 6.07) is 13.5. The number of nitrogens with one attached hydrogen (secondary N) is 1. The normalized spacial score (nSPS) is 11.0.